The predicted octanol–water partition coefficient (Wildman–Crippen LogP) is 3.40. The molecule has 0 fully saturated rings. The van der Waals surface area contributed by atoms with Crippen LogP contribution in [0.2, 0.25) is 0 Å². The molecule has 0 saturated carbocycles. The minimum Gasteiger partial charge on any atom is -0.481 e. The Morgan fingerprint density at radius 2 is 1.63 bits per heavy atom. The third kappa shape index (κ3) is 5.47. The van der Waals surface area contributed by atoms with E-state index in [0.717, 1.165) is 11.1 Å². The molecular weight excluding hydrogens is 364 g/mol. The summed E-state index contributed by atoms with van der Waals surface area (Å²) in [6, 6.07) is 11.5. The van der Waals surface area contributed by atoms with Crippen molar-refractivity contribution in [2.24, 2.45) is 0 Å². The number of hydrogen-bond donors (Lipinski definition) is 2. The van der Waals surface area contributed by atoms with Crippen molar-refractivity contribution in [1.82, 2.24) is 5.32 Å². The number of carbonyl (C=O) groups excluding carboxylic acids is 1. The van der Waals surface area contributed by atoms with Gasteiger partial charge in [-0.05, 0) is 76.1 Å². The SMILES string of the molecule is Cc1cccc(NS(=O)(=O)c2ccc(O[C@@H](C)C(=O)NC(C)C)cc2)c1C. The summed E-state index contributed by atoms with van der Waals surface area (Å²) in [4.78, 5) is 12.0. The number of amides is 1. The molecule has 0 aliphatic rings. The van der Waals surface area contributed by atoms with E-state index in [1.165, 1.54) is 24.3 Å². The van der Waals surface area contributed by atoms with E-state index in [-0.39, 0.29) is 16.8 Å². The van der Waals surface area contributed by atoms with E-state index < -0.39 is 16.1 Å². The van der Waals surface area contributed by atoms with Gasteiger partial charge in [-0.25, -0.2) is 8.42 Å². The summed E-state index contributed by atoms with van der Waals surface area (Å²) < 4.78 is 33.4. The highest BCUT2D eigenvalue weighted by Gasteiger charge is 2.18. The second-order valence-corrected chi connectivity index (χ2v) is 8.43. The standard InChI is InChI=1S/C20H26N2O4S/c1-13(2)21-20(23)16(5)26-17-9-11-18(12-10-17)27(24,25)22-19-8-6-7-14(3)15(19)4/h6-13,16,22H,1-5H3,(H,21,23)/t16-/m0/s1. The lowest BCUT2D eigenvalue weighted by Crippen LogP contribution is -2.40. The van der Waals surface area contributed by atoms with Crippen molar-refractivity contribution < 1.29 is 17.9 Å². The third-order valence-corrected chi connectivity index (χ3v) is 5.48. The summed E-state index contributed by atoms with van der Waals surface area (Å²) in [7, 11) is -3.71. The van der Waals surface area contributed by atoms with Gasteiger partial charge in [-0.2, -0.15) is 0 Å². The Morgan fingerprint density at radius 1 is 1.00 bits per heavy atom. The lowest BCUT2D eigenvalue weighted by Gasteiger charge is -2.17. The maximum atomic E-state index is 12.6. The summed E-state index contributed by atoms with van der Waals surface area (Å²) in [5.41, 5.74) is 2.44. The van der Waals surface area contributed by atoms with Crippen LogP contribution in [-0.4, -0.2) is 26.5 Å². The van der Waals surface area contributed by atoms with Gasteiger partial charge in [-0.3, -0.25) is 9.52 Å². The second-order valence-electron chi connectivity index (χ2n) is 6.75. The Kier molecular flexibility index (Phi) is 6.49. The smallest absolute Gasteiger partial charge is 0.261 e. The van der Waals surface area contributed by atoms with Gasteiger partial charge < -0.3 is 10.1 Å². The molecule has 2 aromatic rings. The number of aryl methyl sites for hydroxylation is 1. The minimum absolute atomic E-state index is 0.0206. The van der Waals surface area contributed by atoms with Gasteiger partial charge in [0.1, 0.15) is 5.75 Å². The molecule has 0 unspecified atom stereocenters. The largest absolute Gasteiger partial charge is 0.481 e. The Balaban J connectivity index is 2.11. The van der Waals surface area contributed by atoms with Crippen molar-refractivity contribution in [3.05, 3.63) is 53.6 Å². The molecule has 0 aliphatic heterocycles. The number of ether oxygens (including phenoxy) is 1. The second kappa shape index (κ2) is 8.43. The summed E-state index contributed by atoms with van der Waals surface area (Å²) in [6.07, 6.45) is -0.678. The zero-order valence-electron chi connectivity index (χ0n) is 16.2. The highest BCUT2D eigenvalue weighted by Crippen LogP contribution is 2.23. The molecule has 2 aromatic carbocycles. The Labute approximate surface area is 161 Å². The number of sulfonamides is 1. The lowest BCUT2D eigenvalue weighted by atomic mass is 10.1. The van der Waals surface area contributed by atoms with Crippen LogP contribution in [-0.2, 0) is 14.8 Å². The highest BCUT2D eigenvalue weighted by molar-refractivity contribution is 7.92. The van der Waals surface area contributed by atoms with Gasteiger partial charge >= 0.3 is 0 Å². The molecule has 2 rings (SSSR count). The number of benzene rings is 2. The Hall–Kier alpha value is -2.54. The van der Waals surface area contributed by atoms with Crippen molar-refractivity contribution in [2.45, 2.75) is 51.7 Å². The number of anilines is 1. The van der Waals surface area contributed by atoms with Crippen LogP contribution < -0.4 is 14.8 Å². The van der Waals surface area contributed by atoms with Gasteiger partial charge in [-0.1, -0.05) is 12.1 Å². The monoisotopic (exact) mass is 390 g/mol. The van der Waals surface area contributed by atoms with Crippen LogP contribution in [0.15, 0.2) is 47.4 Å². The average Bonchev–Trinajstić information content (AvgIpc) is 2.58. The molecule has 7 heteroatoms. The molecule has 6 nitrogen and oxygen atoms in total. The summed E-state index contributed by atoms with van der Waals surface area (Å²) in [5.74, 6) is 0.199. The van der Waals surface area contributed by atoms with E-state index in [4.69, 9.17) is 4.74 Å². The first-order valence-electron chi connectivity index (χ1n) is 8.76. The molecule has 0 spiro atoms. The van der Waals surface area contributed by atoms with Gasteiger partial charge in [0.15, 0.2) is 6.10 Å². The van der Waals surface area contributed by atoms with Crippen molar-refractivity contribution in [1.29, 1.82) is 0 Å². The summed E-state index contributed by atoms with van der Waals surface area (Å²) in [6.45, 7) is 9.18. The lowest BCUT2D eigenvalue weighted by molar-refractivity contribution is -0.127. The van der Waals surface area contributed by atoms with E-state index in [0.29, 0.717) is 11.4 Å². The number of nitrogens with one attached hydrogen (secondary N) is 2. The summed E-state index contributed by atoms with van der Waals surface area (Å²) >= 11 is 0. The topological polar surface area (TPSA) is 84.5 Å². The van der Waals surface area contributed by atoms with Crippen molar-refractivity contribution in [2.75, 3.05) is 4.72 Å². The molecule has 0 aliphatic carbocycles. The average molecular weight is 391 g/mol. The number of carbonyl (C=O) groups is 1. The first-order chi connectivity index (χ1) is 12.6. The van der Waals surface area contributed by atoms with Crippen LogP contribution in [0.1, 0.15) is 31.9 Å². The van der Waals surface area contributed by atoms with Crippen molar-refractivity contribution >= 4 is 21.6 Å². The quantitative estimate of drug-likeness (QED) is 0.759. The van der Waals surface area contributed by atoms with Gasteiger partial charge in [0.05, 0.1) is 10.6 Å². The van der Waals surface area contributed by atoms with Crippen LogP contribution in [0.4, 0.5) is 5.69 Å². The summed E-state index contributed by atoms with van der Waals surface area (Å²) in [5, 5.41) is 2.77. The fraction of sp³-hybridized carbons (Fsp3) is 0.350. The molecule has 0 radical (unpaired) electrons. The molecular formula is C20H26N2O4S. The molecule has 27 heavy (non-hydrogen) atoms. The van der Waals surface area contributed by atoms with Gasteiger partial charge in [0.25, 0.3) is 15.9 Å². The zero-order chi connectivity index (χ0) is 20.2. The molecule has 0 aromatic heterocycles. The Bertz CT molecular complexity index is 906. The van der Waals surface area contributed by atoms with Crippen LogP contribution in [0.5, 0.6) is 5.75 Å². The molecule has 146 valence electrons. The predicted molar refractivity (Wildman–Crippen MR) is 107 cm³/mol. The first-order valence-corrected chi connectivity index (χ1v) is 10.2. The van der Waals surface area contributed by atoms with E-state index >= 15 is 0 Å². The van der Waals surface area contributed by atoms with Crippen molar-refractivity contribution in [3.63, 3.8) is 0 Å². The van der Waals surface area contributed by atoms with E-state index in [2.05, 4.69) is 10.0 Å². The van der Waals surface area contributed by atoms with Crippen LogP contribution in [0, 0.1) is 13.8 Å². The van der Waals surface area contributed by atoms with E-state index in [1.807, 2.05) is 33.8 Å². The van der Waals surface area contributed by atoms with Gasteiger partial charge in [0.2, 0.25) is 0 Å². The molecule has 1 atom stereocenters. The number of hydrogen-bond acceptors (Lipinski definition) is 4. The zero-order valence-corrected chi connectivity index (χ0v) is 17.1. The fourth-order valence-corrected chi connectivity index (χ4v) is 3.55. The van der Waals surface area contributed by atoms with Gasteiger partial charge in [-0.15, -0.1) is 0 Å². The molecule has 2 N–H and O–H groups in total. The van der Waals surface area contributed by atoms with E-state index in [1.54, 1.807) is 19.1 Å². The third-order valence-electron chi connectivity index (χ3n) is 4.10. The molecule has 0 bridgehead atoms. The highest BCUT2D eigenvalue weighted by atomic mass is 32.2. The maximum Gasteiger partial charge on any atom is 0.261 e. The van der Waals surface area contributed by atoms with Gasteiger partial charge in [0, 0.05) is 6.04 Å². The molecule has 0 saturated heterocycles. The van der Waals surface area contributed by atoms with Crippen LogP contribution in [0.3, 0.4) is 0 Å². The normalized spacial score (nSPS) is 12.5. The fourth-order valence-electron chi connectivity index (χ4n) is 2.42. The van der Waals surface area contributed by atoms with Crippen LogP contribution in [0.25, 0.3) is 0 Å². The number of rotatable bonds is 7. The van der Waals surface area contributed by atoms with E-state index in [9.17, 15) is 13.2 Å². The first kappa shape index (κ1) is 20.8. The Morgan fingerprint density at radius 3 is 2.22 bits per heavy atom. The minimum atomic E-state index is -3.71. The molecule has 0 heterocycles. The molecule has 1 amide bonds. The maximum absolute atomic E-state index is 12.6. The van der Waals surface area contributed by atoms with Crippen LogP contribution >= 0.6 is 0 Å². The van der Waals surface area contributed by atoms with Crippen molar-refractivity contribution in [3.8, 4) is 5.75 Å².